The first kappa shape index (κ1) is 28.6. The quantitative estimate of drug-likeness (QED) is 0.127. The molecular formula is C30H29ClFNO5. The lowest BCUT2D eigenvalue weighted by atomic mass is 9.99. The molecule has 3 aromatic carbocycles. The first-order valence-corrected chi connectivity index (χ1v) is 12.4. The number of hydrogen-bond donors (Lipinski definition) is 0. The van der Waals surface area contributed by atoms with Crippen LogP contribution in [0.2, 0.25) is 5.02 Å². The van der Waals surface area contributed by atoms with E-state index in [9.17, 15) is 18.8 Å². The Morgan fingerprint density at radius 1 is 0.974 bits per heavy atom. The van der Waals surface area contributed by atoms with E-state index in [4.69, 9.17) is 21.1 Å². The summed E-state index contributed by atoms with van der Waals surface area (Å²) in [5.74, 6) is -1.28. The van der Waals surface area contributed by atoms with Crippen LogP contribution in [0.1, 0.15) is 54.2 Å². The molecule has 0 aromatic heterocycles. The number of halogens is 2. The minimum atomic E-state index is -1.19. The molecule has 0 aliphatic carbocycles. The van der Waals surface area contributed by atoms with Crippen LogP contribution in [0.3, 0.4) is 0 Å². The number of allylic oxidation sites excluding steroid dienone is 1. The fourth-order valence-corrected chi connectivity index (χ4v) is 4.05. The second-order valence-electron chi connectivity index (χ2n) is 8.83. The van der Waals surface area contributed by atoms with Gasteiger partial charge in [0.1, 0.15) is 5.82 Å². The molecule has 0 radical (unpaired) electrons. The molecule has 8 heteroatoms. The average molecular weight is 538 g/mol. The molecule has 0 spiro atoms. The Labute approximate surface area is 226 Å². The first-order valence-electron chi connectivity index (χ1n) is 12.0. The molecule has 0 N–H and O–H groups in total. The summed E-state index contributed by atoms with van der Waals surface area (Å²) in [7, 11) is 0. The molecular weight excluding hydrogens is 509 g/mol. The summed E-state index contributed by atoms with van der Waals surface area (Å²) in [4.78, 5) is 39.8. The van der Waals surface area contributed by atoms with Gasteiger partial charge in [0.05, 0.1) is 22.8 Å². The van der Waals surface area contributed by atoms with Crippen LogP contribution in [0.4, 0.5) is 20.6 Å². The zero-order valence-electron chi connectivity index (χ0n) is 21.9. The second-order valence-corrected chi connectivity index (χ2v) is 9.23. The Hall–Kier alpha value is -3.97. The number of nitrogens with zero attached hydrogens (tertiary/aromatic N) is 1. The van der Waals surface area contributed by atoms with Gasteiger partial charge in [-0.1, -0.05) is 47.5 Å². The SMILES string of the molecule is C/C=C(\C)CC(=O)OC(C)OC(=O)N(c1ccc(C(=O)c2ccccc2C)c(Cl)c1)c1ccc(F)cc1C. The van der Waals surface area contributed by atoms with Crippen LogP contribution in [-0.4, -0.2) is 24.1 Å². The molecule has 0 bridgehead atoms. The summed E-state index contributed by atoms with van der Waals surface area (Å²) >= 11 is 6.53. The number of benzene rings is 3. The molecule has 1 amide bonds. The van der Waals surface area contributed by atoms with Crippen molar-refractivity contribution in [2.75, 3.05) is 4.90 Å². The number of ketones is 1. The molecule has 38 heavy (non-hydrogen) atoms. The lowest BCUT2D eigenvalue weighted by Crippen LogP contribution is -2.32. The van der Waals surface area contributed by atoms with Gasteiger partial charge in [0.2, 0.25) is 6.29 Å². The van der Waals surface area contributed by atoms with E-state index in [0.717, 1.165) is 11.1 Å². The highest BCUT2D eigenvalue weighted by Crippen LogP contribution is 2.34. The highest BCUT2D eigenvalue weighted by atomic mass is 35.5. The summed E-state index contributed by atoms with van der Waals surface area (Å²) < 4.78 is 24.5. The Kier molecular flexibility index (Phi) is 9.42. The lowest BCUT2D eigenvalue weighted by Gasteiger charge is -2.26. The first-order chi connectivity index (χ1) is 18.0. The minimum Gasteiger partial charge on any atom is -0.425 e. The lowest BCUT2D eigenvalue weighted by molar-refractivity contribution is -0.163. The van der Waals surface area contributed by atoms with Gasteiger partial charge >= 0.3 is 12.1 Å². The van der Waals surface area contributed by atoms with Crippen molar-refractivity contribution in [3.63, 3.8) is 0 Å². The molecule has 6 nitrogen and oxygen atoms in total. The summed E-state index contributed by atoms with van der Waals surface area (Å²) in [5.41, 5.74) is 3.44. The average Bonchev–Trinajstić information content (AvgIpc) is 2.85. The smallest absolute Gasteiger partial charge is 0.422 e. The Balaban J connectivity index is 1.95. The second kappa shape index (κ2) is 12.5. The van der Waals surface area contributed by atoms with E-state index >= 15 is 0 Å². The minimum absolute atomic E-state index is 0.0607. The van der Waals surface area contributed by atoms with Crippen molar-refractivity contribution >= 4 is 40.8 Å². The van der Waals surface area contributed by atoms with Crippen LogP contribution in [0, 0.1) is 19.7 Å². The van der Waals surface area contributed by atoms with Gasteiger partial charge in [-0.3, -0.25) is 9.59 Å². The Morgan fingerprint density at radius 2 is 1.68 bits per heavy atom. The molecule has 1 unspecified atom stereocenters. The van der Waals surface area contributed by atoms with Crippen LogP contribution >= 0.6 is 11.6 Å². The third-order valence-electron chi connectivity index (χ3n) is 5.91. The third-order valence-corrected chi connectivity index (χ3v) is 6.22. The molecule has 198 valence electrons. The molecule has 0 saturated carbocycles. The van der Waals surface area contributed by atoms with Crippen LogP contribution in [0.15, 0.2) is 72.3 Å². The predicted octanol–water partition coefficient (Wildman–Crippen LogP) is 7.85. The maximum Gasteiger partial charge on any atom is 0.422 e. The molecule has 0 aliphatic rings. The zero-order valence-corrected chi connectivity index (χ0v) is 22.6. The van der Waals surface area contributed by atoms with Crippen molar-refractivity contribution in [1.82, 2.24) is 0 Å². The number of hydrogen-bond acceptors (Lipinski definition) is 5. The third kappa shape index (κ3) is 6.86. The van der Waals surface area contributed by atoms with Crippen molar-refractivity contribution in [3.8, 4) is 0 Å². The summed E-state index contributed by atoms with van der Waals surface area (Å²) in [6.07, 6.45) is -0.226. The standard InChI is InChI=1S/C30H29ClFNO5/c1-6-18(2)15-28(34)37-21(5)38-30(36)33(27-14-11-22(32)16-20(27)4)23-12-13-25(26(31)17-23)29(35)24-10-8-7-9-19(24)3/h6-14,16-17,21H,15H2,1-5H3/b18-6+. The summed E-state index contributed by atoms with van der Waals surface area (Å²) in [6, 6.07) is 15.6. The monoisotopic (exact) mass is 537 g/mol. The topological polar surface area (TPSA) is 72.9 Å². The van der Waals surface area contributed by atoms with Gasteiger partial charge in [0, 0.05) is 18.1 Å². The van der Waals surface area contributed by atoms with Crippen LogP contribution in [0.5, 0.6) is 0 Å². The van der Waals surface area contributed by atoms with E-state index < -0.39 is 24.2 Å². The fourth-order valence-electron chi connectivity index (χ4n) is 3.79. The highest BCUT2D eigenvalue weighted by Gasteiger charge is 2.26. The van der Waals surface area contributed by atoms with E-state index in [1.165, 1.54) is 42.2 Å². The normalized spacial score (nSPS) is 12.0. The molecule has 1 atom stereocenters. The van der Waals surface area contributed by atoms with Crippen molar-refractivity contribution in [3.05, 3.63) is 105 Å². The molecule has 0 heterocycles. The number of aryl methyl sites for hydroxylation is 2. The van der Waals surface area contributed by atoms with Gasteiger partial charge in [-0.25, -0.2) is 14.1 Å². The molecule has 0 saturated heterocycles. The van der Waals surface area contributed by atoms with E-state index in [1.54, 1.807) is 45.0 Å². The van der Waals surface area contributed by atoms with Gasteiger partial charge < -0.3 is 9.47 Å². The van der Waals surface area contributed by atoms with Crippen LogP contribution in [-0.2, 0) is 14.3 Å². The van der Waals surface area contributed by atoms with E-state index in [2.05, 4.69) is 0 Å². The maximum atomic E-state index is 13.8. The number of esters is 1. The van der Waals surface area contributed by atoms with Gasteiger partial charge in [-0.15, -0.1) is 0 Å². The molecule has 0 fully saturated rings. The number of amides is 1. The van der Waals surface area contributed by atoms with E-state index in [-0.39, 0.29) is 28.5 Å². The number of rotatable bonds is 8. The summed E-state index contributed by atoms with van der Waals surface area (Å²) in [6.45, 7) is 8.49. The largest absolute Gasteiger partial charge is 0.425 e. The van der Waals surface area contributed by atoms with Crippen LogP contribution < -0.4 is 4.90 Å². The zero-order chi connectivity index (χ0) is 28.0. The Bertz CT molecular complexity index is 1400. The van der Waals surface area contributed by atoms with Crippen molar-refractivity contribution < 1.29 is 28.2 Å². The van der Waals surface area contributed by atoms with Crippen LogP contribution in [0.25, 0.3) is 0 Å². The number of anilines is 2. The highest BCUT2D eigenvalue weighted by molar-refractivity contribution is 6.35. The maximum absolute atomic E-state index is 13.8. The number of ether oxygens (including phenoxy) is 2. The fraction of sp³-hybridized carbons (Fsp3) is 0.233. The predicted molar refractivity (Wildman–Crippen MR) is 145 cm³/mol. The van der Waals surface area contributed by atoms with Crippen molar-refractivity contribution in [2.45, 2.75) is 47.3 Å². The van der Waals surface area contributed by atoms with E-state index in [1.807, 2.05) is 19.1 Å². The summed E-state index contributed by atoms with van der Waals surface area (Å²) in [5, 5.41) is 0.120. The van der Waals surface area contributed by atoms with Gasteiger partial charge in [-0.05, 0) is 75.2 Å². The van der Waals surface area contributed by atoms with Crippen molar-refractivity contribution in [1.29, 1.82) is 0 Å². The van der Waals surface area contributed by atoms with Gasteiger partial charge in [-0.2, -0.15) is 0 Å². The Morgan fingerprint density at radius 3 is 2.32 bits per heavy atom. The van der Waals surface area contributed by atoms with Gasteiger partial charge in [0.25, 0.3) is 0 Å². The molecule has 0 aliphatic heterocycles. The van der Waals surface area contributed by atoms with Crippen molar-refractivity contribution in [2.24, 2.45) is 0 Å². The number of carbonyl (C=O) groups is 3. The molecule has 3 rings (SSSR count). The van der Waals surface area contributed by atoms with Gasteiger partial charge in [0.15, 0.2) is 5.78 Å². The van der Waals surface area contributed by atoms with E-state index in [0.29, 0.717) is 16.8 Å². The molecule has 3 aromatic rings. The number of carbonyl (C=O) groups excluding carboxylic acids is 3.